The molecule has 0 fully saturated rings. The molecule has 2 aromatic heterocycles. The third-order valence-electron chi connectivity index (χ3n) is 3.15. The van der Waals surface area contributed by atoms with Crippen molar-refractivity contribution >= 4 is 5.69 Å². The van der Waals surface area contributed by atoms with Crippen molar-refractivity contribution in [2.45, 2.75) is 13.3 Å². The predicted octanol–water partition coefficient (Wildman–Crippen LogP) is 2.30. The van der Waals surface area contributed by atoms with Gasteiger partial charge in [0, 0.05) is 29.1 Å². The molecule has 3 N–H and O–H groups in total. The number of ether oxygens (including phenoxy) is 1. The number of nitrogens with two attached hydrogens (primary N) is 1. The zero-order chi connectivity index (χ0) is 15.4. The average Bonchev–Trinajstić information content (AvgIpc) is 3.08. The van der Waals surface area contributed by atoms with Crippen LogP contribution in [0.5, 0.6) is 5.88 Å². The van der Waals surface area contributed by atoms with Crippen molar-refractivity contribution in [3.63, 3.8) is 0 Å². The van der Waals surface area contributed by atoms with Gasteiger partial charge in [-0.2, -0.15) is 0 Å². The molecular formula is C15H16N6O. The summed E-state index contributed by atoms with van der Waals surface area (Å²) in [5.41, 5.74) is 9.23. The SMILES string of the molecule is CCCOc1ccc(-c2ccc(N)cc2-c2nnn[nH]2)cn1. The number of nitrogen functional groups attached to an aromatic ring is 1. The van der Waals surface area contributed by atoms with Crippen molar-refractivity contribution in [2.75, 3.05) is 12.3 Å². The summed E-state index contributed by atoms with van der Waals surface area (Å²) in [5, 5.41) is 13.9. The van der Waals surface area contributed by atoms with Crippen LogP contribution in [0.15, 0.2) is 36.5 Å². The highest BCUT2D eigenvalue weighted by atomic mass is 16.5. The van der Waals surface area contributed by atoms with E-state index in [1.54, 1.807) is 6.20 Å². The van der Waals surface area contributed by atoms with E-state index in [2.05, 4.69) is 32.5 Å². The summed E-state index contributed by atoms with van der Waals surface area (Å²) in [7, 11) is 0. The summed E-state index contributed by atoms with van der Waals surface area (Å²) < 4.78 is 5.50. The van der Waals surface area contributed by atoms with Gasteiger partial charge in [0.25, 0.3) is 0 Å². The van der Waals surface area contributed by atoms with E-state index in [1.807, 2.05) is 30.3 Å². The van der Waals surface area contributed by atoms with Gasteiger partial charge in [0.15, 0.2) is 5.82 Å². The maximum absolute atomic E-state index is 5.87. The fraction of sp³-hybridized carbons (Fsp3) is 0.200. The third-order valence-corrected chi connectivity index (χ3v) is 3.15. The number of H-pyrrole nitrogens is 1. The highest BCUT2D eigenvalue weighted by molar-refractivity contribution is 5.82. The van der Waals surface area contributed by atoms with Gasteiger partial charge in [-0.25, -0.2) is 10.1 Å². The molecule has 0 aliphatic rings. The van der Waals surface area contributed by atoms with Gasteiger partial charge in [-0.15, -0.1) is 5.10 Å². The van der Waals surface area contributed by atoms with Crippen molar-refractivity contribution in [1.82, 2.24) is 25.6 Å². The molecular weight excluding hydrogens is 280 g/mol. The number of tetrazole rings is 1. The zero-order valence-corrected chi connectivity index (χ0v) is 12.2. The van der Waals surface area contributed by atoms with Crippen LogP contribution in [0.1, 0.15) is 13.3 Å². The van der Waals surface area contributed by atoms with Gasteiger partial charge < -0.3 is 10.5 Å². The van der Waals surface area contributed by atoms with Crippen molar-refractivity contribution in [2.24, 2.45) is 0 Å². The first-order valence-corrected chi connectivity index (χ1v) is 7.00. The Kier molecular flexibility index (Phi) is 3.95. The Morgan fingerprint density at radius 2 is 2.09 bits per heavy atom. The summed E-state index contributed by atoms with van der Waals surface area (Å²) in [4.78, 5) is 4.32. The lowest BCUT2D eigenvalue weighted by molar-refractivity contribution is 0.305. The van der Waals surface area contributed by atoms with Crippen LogP contribution in [-0.2, 0) is 0 Å². The third kappa shape index (κ3) is 2.88. The van der Waals surface area contributed by atoms with Gasteiger partial charge in [0.2, 0.25) is 5.88 Å². The van der Waals surface area contributed by atoms with Crippen LogP contribution in [-0.4, -0.2) is 32.2 Å². The lowest BCUT2D eigenvalue weighted by Gasteiger charge is -2.09. The van der Waals surface area contributed by atoms with E-state index in [1.165, 1.54) is 0 Å². The van der Waals surface area contributed by atoms with Crippen LogP contribution in [0.3, 0.4) is 0 Å². The molecule has 3 rings (SSSR count). The Morgan fingerprint density at radius 3 is 2.77 bits per heavy atom. The normalized spacial score (nSPS) is 10.6. The Morgan fingerprint density at radius 1 is 1.18 bits per heavy atom. The molecule has 7 heteroatoms. The number of benzene rings is 1. The van der Waals surface area contributed by atoms with Gasteiger partial charge in [-0.3, -0.25) is 0 Å². The molecule has 0 saturated heterocycles. The second-order valence-corrected chi connectivity index (χ2v) is 4.79. The second-order valence-electron chi connectivity index (χ2n) is 4.79. The first kappa shape index (κ1) is 14.0. The smallest absolute Gasteiger partial charge is 0.213 e. The molecule has 112 valence electrons. The monoisotopic (exact) mass is 296 g/mol. The van der Waals surface area contributed by atoms with Gasteiger partial charge in [0.1, 0.15) is 0 Å². The zero-order valence-electron chi connectivity index (χ0n) is 12.2. The lowest BCUT2D eigenvalue weighted by atomic mass is 10.00. The molecule has 0 spiro atoms. The van der Waals surface area contributed by atoms with E-state index in [9.17, 15) is 0 Å². The van der Waals surface area contributed by atoms with Crippen molar-refractivity contribution in [3.05, 3.63) is 36.5 Å². The molecule has 0 saturated carbocycles. The van der Waals surface area contributed by atoms with Gasteiger partial charge >= 0.3 is 0 Å². The van der Waals surface area contributed by atoms with Crippen LogP contribution < -0.4 is 10.5 Å². The maximum atomic E-state index is 5.87. The molecule has 0 aliphatic heterocycles. The van der Waals surface area contributed by atoms with Crippen LogP contribution in [0, 0.1) is 0 Å². The largest absolute Gasteiger partial charge is 0.478 e. The summed E-state index contributed by atoms with van der Waals surface area (Å²) in [6.07, 6.45) is 2.72. The number of rotatable bonds is 5. The molecule has 0 bridgehead atoms. The molecule has 0 amide bonds. The molecule has 0 aliphatic carbocycles. The summed E-state index contributed by atoms with van der Waals surface area (Å²) in [6, 6.07) is 9.40. The minimum atomic E-state index is 0.564. The van der Waals surface area contributed by atoms with E-state index in [4.69, 9.17) is 10.5 Å². The van der Waals surface area contributed by atoms with E-state index >= 15 is 0 Å². The van der Waals surface area contributed by atoms with Gasteiger partial charge in [-0.05, 0) is 40.6 Å². The summed E-state index contributed by atoms with van der Waals surface area (Å²) in [6.45, 7) is 2.71. The van der Waals surface area contributed by atoms with E-state index < -0.39 is 0 Å². The number of anilines is 1. The van der Waals surface area contributed by atoms with Gasteiger partial charge in [0.05, 0.1) is 6.61 Å². The quantitative estimate of drug-likeness (QED) is 0.700. The van der Waals surface area contributed by atoms with E-state index in [0.29, 0.717) is 24.0 Å². The Labute approximate surface area is 127 Å². The highest BCUT2D eigenvalue weighted by Gasteiger charge is 2.11. The fourth-order valence-electron chi connectivity index (χ4n) is 2.11. The highest BCUT2D eigenvalue weighted by Crippen LogP contribution is 2.31. The molecule has 2 heterocycles. The predicted molar refractivity (Wildman–Crippen MR) is 83.0 cm³/mol. The van der Waals surface area contributed by atoms with E-state index in [0.717, 1.165) is 23.1 Å². The standard InChI is InChI=1S/C15H16N6O/c1-2-7-22-14-6-3-10(9-17-14)12-5-4-11(16)8-13(12)15-18-20-21-19-15/h3-6,8-9H,2,7,16H2,1H3,(H,18,19,20,21). The number of nitrogens with one attached hydrogen (secondary N) is 1. The number of nitrogens with zero attached hydrogens (tertiary/aromatic N) is 4. The molecule has 1 aromatic carbocycles. The Hall–Kier alpha value is -2.96. The number of hydrogen-bond donors (Lipinski definition) is 2. The second kappa shape index (κ2) is 6.21. The van der Waals surface area contributed by atoms with Crippen molar-refractivity contribution < 1.29 is 4.74 Å². The number of hydrogen-bond acceptors (Lipinski definition) is 6. The molecule has 7 nitrogen and oxygen atoms in total. The molecule has 0 unspecified atom stereocenters. The van der Waals surface area contributed by atoms with Crippen molar-refractivity contribution in [1.29, 1.82) is 0 Å². The number of aromatic nitrogens is 5. The minimum Gasteiger partial charge on any atom is -0.478 e. The minimum absolute atomic E-state index is 0.564. The summed E-state index contributed by atoms with van der Waals surface area (Å²) in [5.74, 6) is 1.18. The van der Waals surface area contributed by atoms with Crippen LogP contribution >= 0.6 is 0 Å². The Bertz CT molecular complexity index is 739. The number of aromatic amines is 1. The van der Waals surface area contributed by atoms with E-state index in [-0.39, 0.29) is 0 Å². The summed E-state index contributed by atoms with van der Waals surface area (Å²) >= 11 is 0. The first-order valence-electron chi connectivity index (χ1n) is 7.00. The fourth-order valence-corrected chi connectivity index (χ4v) is 2.11. The van der Waals surface area contributed by atoms with Crippen LogP contribution in [0.2, 0.25) is 0 Å². The van der Waals surface area contributed by atoms with Crippen LogP contribution in [0.4, 0.5) is 5.69 Å². The topological polar surface area (TPSA) is 103 Å². The molecule has 22 heavy (non-hydrogen) atoms. The lowest BCUT2D eigenvalue weighted by Crippen LogP contribution is -1.97. The Balaban J connectivity index is 1.98. The molecule has 0 radical (unpaired) electrons. The van der Waals surface area contributed by atoms with Crippen molar-refractivity contribution in [3.8, 4) is 28.4 Å². The number of pyridine rings is 1. The maximum Gasteiger partial charge on any atom is 0.213 e. The molecule has 3 aromatic rings. The average molecular weight is 296 g/mol. The van der Waals surface area contributed by atoms with Crippen LogP contribution in [0.25, 0.3) is 22.5 Å². The first-order chi connectivity index (χ1) is 10.8. The molecule has 0 atom stereocenters. The van der Waals surface area contributed by atoms with Gasteiger partial charge in [-0.1, -0.05) is 13.0 Å².